The molecule has 4 rings (SSSR count). The third kappa shape index (κ3) is 4.14. The van der Waals surface area contributed by atoms with Crippen LogP contribution in [0.3, 0.4) is 0 Å². The Hall–Kier alpha value is -2.77. The van der Waals surface area contributed by atoms with Gasteiger partial charge in [-0.1, -0.05) is 50.8 Å². The Morgan fingerprint density at radius 1 is 1.16 bits per heavy atom. The fourth-order valence-electron chi connectivity index (χ4n) is 4.15. The Morgan fingerprint density at radius 3 is 2.50 bits per heavy atom. The number of aromatic nitrogens is 4. The molecular formula is C25H32N4O2Si. The molecule has 1 aromatic carbocycles. The maximum atomic E-state index is 11.8. The van der Waals surface area contributed by atoms with Crippen LogP contribution in [0.15, 0.2) is 36.8 Å². The molecule has 0 N–H and O–H groups in total. The van der Waals surface area contributed by atoms with E-state index in [1.54, 1.807) is 6.92 Å². The number of carbonyl (C=O) groups excluding carboxylic acids is 1. The SMILES string of the molecule is CCc1c(-c2ccc(C(C)=O)cc2)n(COCC[Si](C)(C)C)c2nc(C)c3cncn3c12. The van der Waals surface area contributed by atoms with Crippen LogP contribution in [0, 0.1) is 6.92 Å². The summed E-state index contributed by atoms with van der Waals surface area (Å²) in [5, 5.41) is 0. The highest BCUT2D eigenvalue weighted by Crippen LogP contribution is 2.35. The van der Waals surface area contributed by atoms with E-state index in [2.05, 4.69) is 40.5 Å². The summed E-state index contributed by atoms with van der Waals surface area (Å²) < 4.78 is 10.5. The van der Waals surface area contributed by atoms with Crippen LogP contribution < -0.4 is 0 Å². The van der Waals surface area contributed by atoms with E-state index in [1.807, 2.05) is 43.7 Å². The molecule has 0 bridgehead atoms. The molecular weight excluding hydrogens is 416 g/mol. The predicted octanol–water partition coefficient (Wildman–Crippen LogP) is 5.74. The number of hydrogen-bond donors (Lipinski definition) is 0. The van der Waals surface area contributed by atoms with E-state index in [0.717, 1.165) is 52.7 Å². The van der Waals surface area contributed by atoms with Crippen molar-refractivity contribution in [3.63, 3.8) is 0 Å². The number of rotatable bonds is 8. The van der Waals surface area contributed by atoms with E-state index in [0.29, 0.717) is 12.3 Å². The summed E-state index contributed by atoms with van der Waals surface area (Å²) in [5.41, 5.74) is 8.02. The first-order valence-corrected chi connectivity index (χ1v) is 14.9. The number of hydrogen-bond acceptors (Lipinski definition) is 4. The Balaban J connectivity index is 1.90. The molecule has 0 saturated carbocycles. The van der Waals surface area contributed by atoms with Crippen LogP contribution >= 0.6 is 0 Å². The summed E-state index contributed by atoms with van der Waals surface area (Å²) in [6.45, 7) is 14.0. The van der Waals surface area contributed by atoms with Gasteiger partial charge in [-0.05, 0) is 31.9 Å². The molecule has 3 aromatic heterocycles. The number of ether oxygens (including phenoxy) is 1. The fraction of sp³-hybridized carbons (Fsp3) is 0.400. The molecule has 0 aliphatic rings. The largest absolute Gasteiger partial charge is 0.361 e. The molecule has 3 heterocycles. The van der Waals surface area contributed by atoms with E-state index in [4.69, 9.17) is 9.72 Å². The van der Waals surface area contributed by atoms with Gasteiger partial charge in [-0.3, -0.25) is 13.8 Å². The van der Waals surface area contributed by atoms with Crippen molar-refractivity contribution in [2.45, 2.75) is 59.6 Å². The van der Waals surface area contributed by atoms with Gasteiger partial charge in [-0.2, -0.15) is 0 Å². The van der Waals surface area contributed by atoms with E-state index in [-0.39, 0.29) is 5.78 Å². The molecule has 32 heavy (non-hydrogen) atoms. The van der Waals surface area contributed by atoms with Crippen LogP contribution in [0.1, 0.15) is 35.5 Å². The molecule has 7 heteroatoms. The lowest BCUT2D eigenvalue weighted by atomic mass is 10.0. The van der Waals surface area contributed by atoms with Crippen molar-refractivity contribution in [1.82, 2.24) is 18.9 Å². The van der Waals surface area contributed by atoms with Gasteiger partial charge >= 0.3 is 0 Å². The summed E-state index contributed by atoms with van der Waals surface area (Å²) in [4.78, 5) is 21.2. The van der Waals surface area contributed by atoms with Crippen molar-refractivity contribution in [2.75, 3.05) is 6.61 Å². The third-order valence-corrected chi connectivity index (χ3v) is 7.67. The van der Waals surface area contributed by atoms with Gasteiger partial charge in [0.2, 0.25) is 0 Å². The van der Waals surface area contributed by atoms with Gasteiger partial charge < -0.3 is 4.74 Å². The topological polar surface area (TPSA) is 61.4 Å². The Morgan fingerprint density at radius 2 is 1.88 bits per heavy atom. The zero-order valence-corrected chi connectivity index (χ0v) is 20.9. The van der Waals surface area contributed by atoms with Gasteiger partial charge in [0.1, 0.15) is 6.73 Å². The minimum Gasteiger partial charge on any atom is -0.361 e. The molecule has 0 atom stereocenters. The second kappa shape index (κ2) is 8.63. The molecule has 0 fully saturated rings. The van der Waals surface area contributed by atoms with E-state index >= 15 is 0 Å². The molecule has 0 aliphatic carbocycles. The van der Waals surface area contributed by atoms with Crippen molar-refractivity contribution in [1.29, 1.82) is 0 Å². The van der Waals surface area contributed by atoms with E-state index in [1.165, 1.54) is 5.56 Å². The number of benzene rings is 1. The van der Waals surface area contributed by atoms with E-state index in [9.17, 15) is 4.79 Å². The molecule has 0 saturated heterocycles. The maximum Gasteiger partial charge on any atom is 0.160 e. The van der Waals surface area contributed by atoms with Crippen LogP contribution in [-0.2, 0) is 17.9 Å². The molecule has 6 nitrogen and oxygen atoms in total. The summed E-state index contributed by atoms with van der Waals surface area (Å²) >= 11 is 0. The molecule has 4 aromatic rings. The molecule has 0 unspecified atom stereocenters. The highest BCUT2D eigenvalue weighted by atomic mass is 28.3. The van der Waals surface area contributed by atoms with Crippen LogP contribution in [0.25, 0.3) is 27.9 Å². The normalized spacial score (nSPS) is 12.2. The summed E-state index contributed by atoms with van der Waals surface area (Å²) in [7, 11) is -1.18. The lowest BCUT2D eigenvalue weighted by Crippen LogP contribution is -2.22. The van der Waals surface area contributed by atoms with Gasteiger partial charge in [0.15, 0.2) is 11.4 Å². The second-order valence-corrected chi connectivity index (χ2v) is 15.2. The van der Waals surface area contributed by atoms with Crippen LogP contribution in [0.4, 0.5) is 0 Å². The van der Waals surface area contributed by atoms with Crippen LogP contribution in [-0.4, -0.2) is 39.4 Å². The molecule has 168 valence electrons. The smallest absolute Gasteiger partial charge is 0.160 e. The first-order valence-electron chi connectivity index (χ1n) is 11.2. The number of nitrogens with zero attached hydrogens (tertiary/aromatic N) is 4. The standard InChI is InChI=1S/C25H32N4O2Si/c1-7-21-23(20-10-8-19(9-11-20)18(3)30)29(16-31-12-13-32(4,5)6)25-24(21)28-15-26-14-22(28)17(2)27-25/h8-11,14-15H,7,12-13,16H2,1-6H3. The van der Waals surface area contributed by atoms with Crippen LogP contribution in [0.5, 0.6) is 0 Å². The first-order chi connectivity index (χ1) is 15.2. The predicted molar refractivity (Wildman–Crippen MR) is 132 cm³/mol. The van der Waals surface area contributed by atoms with Gasteiger partial charge in [0.25, 0.3) is 0 Å². The lowest BCUT2D eigenvalue weighted by molar-refractivity contribution is 0.0908. The first kappa shape index (κ1) is 22.4. The van der Waals surface area contributed by atoms with Crippen molar-refractivity contribution >= 4 is 30.5 Å². The zero-order valence-electron chi connectivity index (χ0n) is 19.9. The Labute approximate surface area is 190 Å². The number of Topliss-reactive ketones (excluding diaryl/α,β-unsaturated/α-hetero) is 1. The average molecular weight is 449 g/mol. The van der Waals surface area contributed by atoms with Gasteiger partial charge in [0.05, 0.1) is 34.9 Å². The van der Waals surface area contributed by atoms with Crippen molar-refractivity contribution in [2.24, 2.45) is 0 Å². The summed E-state index contributed by atoms with van der Waals surface area (Å²) in [6, 6.07) is 8.97. The Kier molecular flexibility index (Phi) is 6.05. The maximum absolute atomic E-state index is 11.8. The van der Waals surface area contributed by atoms with Crippen molar-refractivity contribution in [3.8, 4) is 11.3 Å². The quantitative estimate of drug-likeness (QED) is 0.196. The van der Waals surface area contributed by atoms with Gasteiger partial charge in [0, 0.05) is 25.8 Å². The third-order valence-electron chi connectivity index (χ3n) is 5.97. The fourth-order valence-corrected chi connectivity index (χ4v) is 4.91. The van der Waals surface area contributed by atoms with Crippen molar-refractivity contribution in [3.05, 3.63) is 53.6 Å². The minimum atomic E-state index is -1.18. The minimum absolute atomic E-state index is 0.0694. The Bertz CT molecular complexity index is 1280. The lowest BCUT2D eigenvalue weighted by Gasteiger charge is -2.17. The van der Waals surface area contributed by atoms with E-state index < -0.39 is 8.07 Å². The number of fused-ring (bicyclic) bond motifs is 3. The summed E-state index contributed by atoms with van der Waals surface area (Å²) in [6.07, 6.45) is 4.58. The average Bonchev–Trinajstić information content (AvgIpc) is 3.34. The summed E-state index contributed by atoms with van der Waals surface area (Å²) in [5.74, 6) is 0.0694. The number of carbonyl (C=O) groups is 1. The molecule has 0 amide bonds. The van der Waals surface area contributed by atoms with Gasteiger partial charge in [-0.15, -0.1) is 0 Å². The number of imidazole rings is 1. The van der Waals surface area contributed by atoms with Gasteiger partial charge in [-0.25, -0.2) is 9.97 Å². The highest BCUT2D eigenvalue weighted by molar-refractivity contribution is 6.76. The molecule has 0 spiro atoms. The van der Waals surface area contributed by atoms with Crippen LogP contribution in [0.2, 0.25) is 25.7 Å². The number of ketones is 1. The molecule has 0 aliphatic heterocycles. The second-order valence-electron chi connectivity index (χ2n) is 9.61. The van der Waals surface area contributed by atoms with Crippen molar-refractivity contribution < 1.29 is 9.53 Å². The number of aryl methyl sites for hydroxylation is 2. The highest BCUT2D eigenvalue weighted by Gasteiger charge is 2.22. The molecule has 0 radical (unpaired) electrons. The zero-order chi connectivity index (χ0) is 23.0. The monoisotopic (exact) mass is 448 g/mol.